The van der Waals surface area contributed by atoms with Crippen LogP contribution in [-0.2, 0) is 14.3 Å². The molecule has 1 amide bonds. The van der Waals surface area contributed by atoms with Crippen molar-refractivity contribution in [1.29, 1.82) is 0 Å². The van der Waals surface area contributed by atoms with Gasteiger partial charge in [-0.25, -0.2) is 0 Å². The minimum atomic E-state index is -0.440. The standard InChI is InChI=1S/C32H31NO3S/c34-30(21-22-37-32(27-17-9-3-10-18-27)28-19-11-4-12-20-28)33-23-31(35)36-24-29(25-13-5-1-6-14-25)26-15-7-2-8-16-26/h1-20,29,32H,21-24H2,(H,33,34). The van der Waals surface area contributed by atoms with Crippen LogP contribution >= 0.6 is 11.8 Å². The molecule has 37 heavy (non-hydrogen) atoms. The Hall–Kier alpha value is -3.83. The second-order valence-electron chi connectivity index (χ2n) is 8.66. The lowest BCUT2D eigenvalue weighted by molar-refractivity contribution is -0.144. The lowest BCUT2D eigenvalue weighted by Crippen LogP contribution is -2.31. The molecular formula is C32H31NO3S. The molecule has 0 saturated heterocycles. The van der Waals surface area contributed by atoms with E-state index in [4.69, 9.17) is 4.74 Å². The van der Waals surface area contributed by atoms with E-state index in [1.807, 2.05) is 97.1 Å². The van der Waals surface area contributed by atoms with Gasteiger partial charge in [0.2, 0.25) is 5.91 Å². The first-order valence-corrected chi connectivity index (χ1v) is 13.5. The van der Waals surface area contributed by atoms with E-state index >= 15 is 0 Å². The summed E-state index contributed by atoms with van der Waals surface area (Å²) in [5.41, 5.74) is 4.56. The number of rotatable bonds is 12. The fourth-order valence-electron chi connectivity index (χ4n) is 4.15. The molecule has 0 aliphatic heterocycles. The third-order valence-electron chi connectivity index (χ3n) is 6.06. The maximum atomic E-state index is 12.5. The first-order valence-electron chi connectivity index (χ1n) is 12.4. The zero-order chi connectivity index (χ0) is 25.7. The van der Waals surface area contributed by atoms with Gasteiger partial charge in [-0.05, 0) is 22.3 Å². The van der Waals surface area contributed by atoms with Gasteiger partial charge >= 0.3 is 5.97 Å². The van der Waals surface area contributed by atoms with Crippen molar-refractivity contribution in [3.63, 3.8) is 0 Å². The molecule has 4 nitrogen and oxygen atoms in total. The normalized spacial score (nSPS) is 10.9. The number of esters is 1. The minimum Gasteiger partial charge on any atom is -0.463 e. The Morgan fingerprint density at radius 1 is 0.649 bits per heavy atom. The van der Waals surface area contributed by atoms with Crippen molar-refractivity contribution in [1.82, 2.24) is 5.32 Å². The SMILES string of the molecule is O=C(CCSC(c1ccccc1)c1ccccc1)NCC(=O)OCC(c1ccccc1)c1ccccc1. The summed E-state index contributed by atoms with van der Waals surface area (Å²) in [5.74, 6) is -0.0259. The highest BCUT2D eigenvalue weighted by Crippen LogP contribution is 2.35. The summed E-state index contributed by atoms with van der Waals surface area (Å²) < 4.78 is 5.56. The molecule has 0 radical (unpaired) electrons. The first-order chi connectivity index (χ1) is 18.2. The van der Waals surface area contributed by atoms with Crippen molar-refractivity contribution in [2.45, 2.75) is 17.6 Å². The first kappa shape index (κ1) is 26.2. The third-order valence-corrected chi connectivity index (χ3v) is 7.38. The predicted molar refractivity (Wildman–Crippen MR) is 150 cm³/mol. The Morgan fingerprint density at radius 3 is 1.54 bits per heavy atom. The second kappa shape index (κ2) is 14.0. The summed E-state index contributed by atoms with van der Waals surface area (Å²) in [6, 6.07) is 40.5. The van der Waals surface area contributed by atoms with Gasteiger partial charge in [0.15, 0.2) is 0 Å². The molecule has 0 aromatic heterocycles. The Kier molecular flexibility index (Phi) is 9.96. The van der Waals surface area contributed by atoms with Crippen LogP contribution in [0.4, 0.5) is 0 Å². The van der Waals surface area contributed by atoms with Crippen molar-refractivity contribution in [3.8, 4) is 0 Å². The molecule has 0 saturated carbocycles. The lowest BCUT2D eigenvalue weighted by atomic mass is 9.92. The molecule has 0 heterocycles. The average molecular weight is 510 g/mol. The highest BCUT2D eigenvalue weighted by atomic mass is 32.2. The number of thioether (sulfide) groups is 1. The fraction of sp³-hybridized carbons (Fsp3) is 0.188. The van der Waals surface area contributed by atoms with Crippen LogP contribution in [0, 0.1) is 0 Å². The Balaban J connectivity index is 1.25. The molecule has 0 atom stereocenters. The quantitative estimate of drug-likeness (QED) is 0.225. The minimum absolute atomic E-state index is 0.0636. The number of amides is 1. The number of hydrogen-bond donors (Lipinski definition) is 1. The van der Waals surface area contributed by atoms with Crippen molar-refractivity contribution in [2.75, 3.05) is 18.9 Å². The zero-order valence-electron chi connectivity index (χ0n) is 20.7. The number of benzene rings is 4. The molecule has 0 aliphatic carbocycles. The van der Waals surface area contributed by atoms with Crippen LogP contribution in [0.25, 0.3) is 0 Å². The van der Waals surface area contributed by atoms with Crippen LogP contribution in [0.15, 0.2) is 121 Å². The van der Waals surface area contributed by atoms with Gasteiger partial charge in [-0.3, -0.25) is 9.59 Å². The van der Waals surface area contributed by atoms with Crippen molar-refractivity contribution >= 4 is 23.6 Å². The van der Waals surface area contributed by atoms with Crippen LogP contribution < -0.4 is 5.32 Å². The van der Waals surface area contributed by atoms with E-state index in [0.717, 1.165) is 11.1 Å². The van der Waals surface area contributed by atoms with E-state index in [1.54, 1.807) is 11.8 Å². The molecule has 1 N–H and O–H groups in total. The molecule has 4 aromatic carbocycles. The summed E-state index contributed by atoms with van der Waals surface area (Å²) in [6.45, 7) is 0.0784. The zero-order valence-corrected chi connectivity index (χ0v) is 21.5. The molecule has 0 fully saturated rings. The number of carbonyl (C=O) groups excluding carboxylic acids is 2. The maximum Gasteiger partial charge on any atom is 0.325 e. The van der Waals surface area contributed by atoms with Gasteiger partial charge in [-0.1, -0.05) is 121 Å². The number of ether oxygens (including phenoxy) is 1. The van der Waals surface area contributed by atoms with E-state index in [0.29, 0.717) is 12.2 Å². The van der Waals surface area contributed by atoms with E-state index in [2.05, 4.69) is 29.6 Å². The number of nitrogens with one attached hydrogen (secondary N) is 1. The van der Waals surface area contributed by atoms with E-state index in [-0.39, 0.29) is 30.2 Å². The van der Waals surface area contributed by atoms with Gasteiger partial charge in [-0.2, -0.15) is 0 Å². The summed E-state index contributed by atoms with van der Waals surface area (Å²) in [4.78, 5) is 24.9. The van der Waals surface area contributed by atoms with Crippen LogP contribution in [0.1, 0.15) is 39.8 Å². The smallest absolute Gasteiger partial charge is 0.325 e. The molecule has 4 aromatic rings. The van der Waals surface area contributed by atoms with Crippen LogP contribution in [0.2, 0.25) is 0 Å². The van der Waals surface area contributed by atoms with Gasteiger partial charge in [0, 0.05) is 18.1 Å². The highest BCUT2D eigenvalue weighted by Gasteiger charge is 2.18. The molecule has 4 rings (SSSR count). The molecular weight excluding hydrogens is 478 g/mol. The molecule has 0 aliphatic rings. The van der Waals surface area contributed by atoms with Gasteiger partial charge < -0.3 is 10.1 Å². The number of carbonyl (C=O) groups is 2. The van der Waals surface area contributed by atoms with Crippen molar-refractivity contribution < 1.29 is 14.3 Å². The summed E-state index contributed by atoms with van der Waals surface area (Å²) in [5, 5.41) is 2.86. The number of hydrogen-bond acceptors (Lipinski definition) is 4. The Labute approximate surface area is 223 Å². The molecule has 5 heteroatoms. The van der Waals surface area contributed by atoms with Crippen molar-refractivity contribution in [2.24, 2.45) is 0 Å². The van der Waals surface area contributed by atoms with Crippen LogP contribution in [0.3, 0.4) is 0 Å². The van der Waals surface area contributed by atoms with Gasteiger partial charge in [-0.15, -0.1) is 11.8 Å². The van der Waals surface area contributed by atoms with Gasteiger partial charge in [0.1, 0.15) is 13.2 Å². The second-order valence-corrected chi connectivity index (χ2v) is 9.87. The largest absolute Gasteiger partial charge is 0.463 e. The topological polar surface area (TPSA) is 55.4 Å². The van der Waals surface area contributed by atoms with Crippen LogP contribution in [-0.4, -0.2) is 30.8 Å². The average Bonchev–Trinajstić information content (AvgIpc) is 2.96. The van der Waals surface area contributed by atoms with E-state index in [1.165, 1.54) is 11.1 Å². The fourth-order valence-corrected chi connectivity index (χ4v) is 5.39. The predicted octanol–water partition coefficient (Wildman–Crippen LogP) is 6.39. The monoisotopic (exact) mass is 509 g/mol. The maximum absolute atomic E-state index is 12.5. The summed E-state index contributed by atoms with van der Waals surface area (Å²) >= 11 is 1.72. The summed E-state index contributed by atoms with van der Waals surface area (Å²) in [6.07, 6.45) is 0.324. The Morgan fingerprint density at radius 2 is 1.08 bits per heavy atom. The lowest BCUT2D eigenvalue weighted by Gasteiger charge is -2.18. The summed E-state index contributed by atoms with van der Waals surface area (Å²) in [7, 11) is 0. The molecule has 0 bridgehead atoms. The molecule has 188 valence electrons. The van der Waals surface area contributed by atoms with Crippen molar-refractivity contribution in [3.05, 3.63) is 144 Å². The molecule has 0 spiro atoms. The van der Waals surface area contributed by atoms with Gasteiger partial charge in [0.05, 0.1) is 5.25 Å². The molecule has 0 unspecified atom stereocenters. The Bertz CT molecular complexity index is 1160. The van der Waals surface area contributed by atoms with Gasteiger partial charge in [0.25, 0.3) is 0 Å². The third kappa shape index (κ3) is 8.09. The van der Waals surface area contributed by atoms with E-state index in [9.17, 15) is 9.59 Å². The highest BCUT2D eigenvalue weighted by molar-refractivity contribution is 7.99. The van der Waals surface area contributed by atoms with E-state index < -0.39 is 5.97 Å². The van der Waals surface area contributed by atoms with Crippen LogP contribution in [0.5, 0.6) is 0 Å².